The van der Waals surface area contributed by atoms with Gasteiger partial charge < -0.3 is 10.1 Å². The van der Waals surface area contributed by atoms with E-state index in [1.807, 2.05) is 6.20 Å². The van der Waals surface area contributed by atoms with Crippen molar-refractivity contribution in [3.63, 3.8) is 0 Å². The van der Waals surface area contributed by atoms with Crippen molar-refractivity contribution in [3.05, 3.63) is 54.0 Å². The van der Waals surface area contributed by atoms with Crippen molar-refractivity contribution in [1.82, 2.24) is 14.6 Å². The first-order valence-electron chi connectivity index (χ1n) is 7.69. The Labute approximate surface area is 140 Å². The first-order chi connectivity index (χ1) is 11.4. The van der Waals surface area contributed by atoms with Crippen LogP contribution < -0.4 is 10.1 Å². The average molecular weight is 324 g/mol. The standard InChI is InChI=1S/C18H20N4O2/c1-18(2,3)15-11-22-16(20-15)10-9-14(21-22)17(23)19-12-5-7-13(24-4)8-6-12/h5-11H,1-4H3,(H,19,23). The molecular weight excluding hydrogens is 304 g/mol. The van der Waals surface area contributed by atoms with E-state index in [1.165, 1.54) is 0 Å². The number of anilines is 1. The van der Waals surface area contributed by atoms with Crippen LogP contribution in [0.4, 0.5) is 5.69 Å². The van der Waals surface area contributed by atoms with Crippen LogP contribution in [-0.4, -0.2) is 27.6 Å². The quantitative estimate of drug-likeness (QED) is 0.803. The van der Waals surface area contributed by atoms with Gasteiger partial charge in [0.25, 0.3) is 5.91 Å². The maximum Gasteiger partial charge on any atom is 0.276 e. The fraction of sp³-hybridized carbons (Fsp3) is 0.278. The molecule has 0 atom stereocenters. The second kappa shape index (κ2) is 5.96. The van der Waals surface area contributed by atoms with Crippen LogP contribution in [-0.2, 0) is 5.41 Å². The summed E-state index contributed by atoms with van der Waals surface area (Å²) in [5, 5.41) is 7.18. The van der Waals surface area contributed by atoms with Gasteiger partial charge in [-0.25, -0.2) is 9.50 Å². The van der Waals surface area contributed by atoms with Gasteiger partial charge in [-0.2, -0.15) is 5.10 Å². The number of nitrogens with zero attached hydrogens (tertiary/aromatic N) is 3. The van der Waals surface area contributed by atoms with E-state index >= 15 is 0 Å². The number of hydrogen-bond donors (Lipinski definition) is 1. The van der Waals surface area contributed by atoms with Gasteiger partial charge in [0.05, 0.1) is 19.0 Å². The molecule has 0 aliphatic carbocycles. The van der Waals surface area contributed by atoms with E-state index in [0.717, 1.165) is 17.1 Å². The molecule has 0 bridgehead atoms. The van der Waals surface area contributed by atoms with Gasteiger partial charge in [0.15, 0.2) is 5.65 Å². The number of nitrogens with one attached hydrogen (secondary N) is 1. The molecule has 3 aromatic rings. The van der Waals surface area contributed by atoms with Gasteiger partial charge in [0.1, 0.15) is 11.4 Å². The predicted octanol–water partition coefficient (Wildman–Crippen LogP) is 3.29. The molecule has 0 saturated heterocycles. The SMILES string of the molecule is COc1ccc(NC(=O)c2ccc3nc(C(C)(C)C)cn3n2)cc1. The molecule has 1 aromatic carbocycles. The summed E-state index contributed by atoms with van der Waals surface area (Å²) in [6.45, 7) is 6.27. The van der Waals surface area contributed by atoms with Crippen LogP contribution in [0.15, 0.2) is 42.6 Å². The molecule has 0 unspecified atom stereocenters. The highest BCUT2D eigenvalue weighted by Gasteiger charge is 2.18. The Morgan fingerprint density at radius 1 is 1.12 bits per heavy atom. The number of rotatable bonds is 3. The molecule has 0 spiro atoms. The third-order valence-electron chi connectivity index (χ3n) is 3.67. The molecule has 6 nitrogen and oxygen atoms in total. The molecule has 0 aliphatic rings. The zero-order valence-corrected chi connectivity index (χ0v) is 14.2. The average Bonchev–Trinajstić information content (AvgIpc) is 2.99. The van der Waals surface area contributed by atoms with Gasteiger partial charge in [-0.1, -0.05) is 20.8 Å². The van der Waals surface area contributed by atoms with Gasteiger partial charge in [0, 0.05) is 11.1 Å². The van der Waals surface area contributed by atoms with Crippen LogP contribution in [0, 0.1) is 0 Å². The molecule has 2 aromatic heterocycles. The number of benzene rings is 1. The summed E-state index contributed by atoms with van der Waals surface area (Å²) in [5.41, 5.74) is 2.60. The topological polar surface area (TPSA) is 68.5 Å². The van der Waals surface area contributed by atoms with Crippen molar-refractivity contribution < 1.29 is 9.53 Å². The Balaban J connectivity index is 1.83. The Kier molecular flexibility index (Phi) is 3.97. The molecule has 1 N–H and O–H groups in total. The number of ether oxygens (including phenoxy) is 1. The maximum atomic E-state index is 12.4. The largest absolute Gasteiger partial charge is 0.497 e. The predicted molar refractivity (Wildman–Crippen MR) is 92.6 cm³/mol. The first kappa shape index (κ1) is 16.0. The number of carbonyl (C=O) groups excluding carboxylic acids is 1. The van der Waals surface area contributed by atoms with Crippen molar-refractivity contribution in [2.24, 2.45) is 0 Å². The normalized spacial score (nSPS) is 11.5. The van der Waals surface area contributed by atoms with Gasteiger partial charge >= 0.3 is 0 Å². The lowest BCUT2D eigenvalue weighted by molar-refractivity contribution is 0.102. The van der Waals surface area contributed by atoms with Crippen molar-refractivity contribution in [2.45, 2.75) is 26.2 Å². The lowest BCUT2D eigenvalue weighted by Crippen LogP contribution is -2.15. The highest BCUT2D eigenvalue weighted by molar-refractivity contribution is 6.02. The number of hydrogen-bond acceptors (Lipinski definition) is 4. The summed E-state index contributed by atoms with van der Waals surface area (Å²) in [5.74, 6) is 0.466. The molecule has 124 valence electrons. The highest BCUT2D eigenvalue weighted by Crippen LogP contribution is 2.21. The summed E-state index contributed by atoms with van der Waals surface area (Å²) < 4.78 is 6.74. The van der Waals surface area contributed by atoms with E-state index in [1.54, 1.807) is 48.0 Å². The number of imidazole rings is 1. The first-order valence-corrected chi connectivity index (χ1v) is 7.69. The third-order valence-corrected chi connectivity index (χ3v) is 3.67. The maximum absolute atomic E-state index is 12.4. The minimum absolute atomic E-state index is 0.0702. The van der Waals surface area contributed by atoms with E-state index in [0.29, 0.717) is 11.4 Å². The zero-order valence-electron chi connectivity index (χ0n) is 14.2. The Hall–Kier alpha value is -2.89. The Bertz CT molecular complexity index is 876. The lowest BCUT2D eigenvalue weighted by Gasteiger charge is -2.13. The number of aromatic nitrogens is 3. The molecule has 24 heavy (non-hydrogen) atoms. The molecule has 3 rings (SSSR count). The fourth-order valence-corrected chi connectivity index (χ4v) is 2.23. The van der Waals surface area contributed by atoms with E-state index < -0.39 is 0 Å². The van der Waals surface area contributed by atoms with Crippen LogP contribution in [0.2, 0.25) is 0 Å². The second-order valence-electron chi connectivity index (χ2n) is 6.58. The molecule has 0 radical (unpaired) electrons. The molecule has 2 heterocycles. The van der Waals surface area contributed by atoms with Gasteiger partial charge in [-0.3, -0.25) is 4.79 Å². The summed E-state index contributed by atoms with van der Waals surface area (Å²) >= 11 is 0. The molecule has 0 aliphatic heterocycles. The summed E-state index contributed by atoms with van der Waals surface area (Å²) in [6, 6.07) is 10.6. The summed E-state index contributed by atoms with van der Waals surface area (Å²) in [7, 11) is 1.60. The van der Waals surface area contributed by atoms with E-state index in [-0.39, 0.29) is 11.3 Å². The van der Waals surface area contributed by atoms with Crippen LogP contribution in [0.1, 0.15) is 37.0 Å². The number of fused-ring (bicyclic) bond motifs is 1. The number of amides is 1. The molecule has 1 amide bonds. The smallest absolute Gasteiger partial charge is 0.276 e. The number of methoxy groups -OCH3 is 1. The fourth-order valence-electron chi connectivity index (χ4n) is 2.23. The third kappa shape index (κ3) is 3.22. The van der Waals surface area contributed by atoms with Crippen LogP contribution >= 0.6 is 0 Å². The molecule has 0 saturated carbocycles. The Morgan fingerprint density at radius 2 is 1.83 bits per heavy atom. The van der Waals surface area contributed by atoms with Crippen molar-refractivity contribution in [1.29, 1.82) is 0 Å². The van der Waals surface area contributed by atoms with Gasteiger partial charge in [-0.05, 0) is 36.4 Å². The minimum Gasteiger partial charge on any atom is -0.497 e. The molecular formula is C18H20N4O2. The highest BCUT2D eigenvalue weighted by atomic mass is 16.5. The van der Waals surface area contributed by atoms with E-state index in [4.69, 9.17) is 4.74 Å². The zero-order chi connectivity index (χ0) is 17.3. The second-order valence-corrected chi connectivity index (χ2v) is 6.58. The molecule has 0 fully saturated rings. The van der Waals surface area contributed by atoms with Gasteiger partial charge in [0.2, 0.25) is 0 Å². The van der Waals surface area contributed by atoms with E-state index in [9.17, 15) is 4.79 Å². The summed E-state index contributed by atoms with van der Waals surface area (Å²) in [4.78, 5) is 16.9. The van der Waals surface area contributed by atoms with Crippen molar-refractivity contribution >= 4 is 17.2 Å². The monoisotopic (exact) mass is 324 g/mol. The summed E-state index contributed by atoms with van der Waals surface area (Å²) in [6.07, 6.45) is 1.86. The lowest BCUT2D eigenvalue weighted by atomic mass is 9.93. The Morgan fingerprint density at radius 3 is 2.46 bits per heavy atom. The van der Waals surface area contributed by atoms with Crippen LogP contribution in [0.25, 0.3) is 5.65 Å². The van der Waals surface area contributed by atoms with Crippen LogP contribution in [0.5, 0.6) is 5.75 Å². The molecule has 6 heteroatoms. The van der Waals surface area contributed by atoms with Crippen molar-refractivity contribution in [3.8, 4) is 5.75 Å². The van der Waals surface area contributed by atoms with E-state index in [2.05, 4.69) is 36.2 Å². The van der Waals surface area contributed by atoms with Gasteiger partial charge in [-0.15, -0.1) is 0 Å². The number of carbonyl (C=O) groups is 1. The van der Waals surface area contributed by atoms with Crippen molar-refractivity contribution in [2.75, 3.05) is 12.4 Å². The minimum atomic E-state index is -0.270. The van der Waals surface area contributed by atoms with Crippen LogP contribution in [0.3, 0.4) is 0 Å².